The zero-order chi connectivity index (χ0) is 23.0. The number of rotatable bonds is 10. The maximum atomic E-state index is 12.8. The van der Waals surface area contributed by atoms with E-state index < -0.39 is 22.0 Å². The molecule has 0 aromatic heterocycles. The maximum absolute atomic E-state index is 12.8. The van der Waals surface area contributed by atoms with E-state index in [0.717, 1.165) is 24.8 Å². The predicted octanol–water partition coefficient (Wildman–Crippen LogP) is 4.29. The second-order valence-electron chi connectivity index (χ2n) is 7.57. The van der Waals surface area contributed by atoms with Crippen LogP contribution in [0, 0.1) is 0 Å². The molecule has 168 valence electrons. The first-order valence-corrected chi connectivity index (χ1v) is 12.1. The molecule has 1 amide bonds. The summed E-state index contributed by atoms with van der Waals surface area (Å²) in [6, 6.07) is 22.1. The summed E-state index contributed by atoms with van der Waals surface area (Å²) in [5, 5.41) is 12.9. The van der Waals surface area contributed by atoms with E-state index in [4.69, 9.17) is 0 Å². The minimum Gasteiger partial charge on any atom is -0.387 e. The molecular weight excluding hydrogens is 424 g/mol. The van der Waals surface area contributed by atoms with Gasteiger partial charge in [0.25, 0.3) is 15.9 Å². The summed E-state index contributed by atoms with van der Waals surface area (Å²) >= 11 is 0. The summed E-state index contributed by atoms with van der Waals surface area (Å²) in [6.07, 6.45) is 2.29. The lowest BCUT2D eigenvalue weighted by Gasteiger charge is -2.13. The van der Waals surface area contributed by atoms with Gasteiger partial charge < -0.3 is 10.4 Å². The Morgan fingerprint density at radius 1 is 0.969 bits per heavy atom. The number of sulfonamides is 1. The van der Waals surface area contributed by atoms with Gasteiger partial charge in [-0.1, -0.05) is 61.9 Å². The fourth-order valence-corrected chi connectivity index (χ4v) is 4.33. The average molecular weight is 453 g/mol. The van der Waals surface area contributed by atoms with Gasteiger partial charge in [0.2, 0.25) is 0 Å². The molecule has 32 heavy (non-hydrogen) atoms. The topological polar surface area (TPSA) is 95.5 Å². The van der Waals surface area contributed by atoms with Gasteiger partial charge in [0, 0.05) is 17.8 Å². The molecule has 0 radical (unpaired) electrons. The summed E-state index contributed by atoms with van der Waals surface area (Å²) < 4.78 is 28.2. The van der Waals surface area contributed by atoms with Crippen molar-refractivity contribution in [2.24, 2.45) is 0 Å². The summed E-state index contributed by atoms with van der Waals surface area (Å²) in [7, 11) is -3.85. The van der Waals surface area contributed by atoms with Crippen LogP contribution in [0.15, 0.2) is 83.8 Å². The molecule has 3 aromatic carbocycles. The van der Waals surface area contributed by atoms with Crippen molar-refractivity contribution in [1.29, 1.82) is 0 Å². The van der Waals surface area contributed by atoms with Crippen molar-refractivity contribution in [2.45, 2.75) is 37.2 Å². The molecule has 0 fully saturated rings. The first-order valence-electron chi connectivity index (χ1n) is 10.6. The Morgan fingerprint density at radius 2 is 1.69 bits per heavy atom. The third kappa shape index (κ3) is 6.42. The molecule has 7 heteroatoms. The van der Waals surface area contributed by atoms with Gasteiger partial charge in [-0.15, -0.1) is 0 Å². The van der Waals surface area contributed by atoms with Gasteiger partial charge in [-0.3, -0.25) is 9.52 Å². The van der Waals surface area contributed by atoms with Crippen LogP contribution in [-0.2, 0) is 16.4 Å². The van der Waals surface area contributed by atoms with Crippen LogP contribution in [0.25, 0.3) is 0 Å². The first-order chi connectivity index (χ1) is 15.4. The Hall–Kier alpha value is -3.16. The second-order valence-corrected chi connectivity index (χ2v) is 9.25. The molecule has 0 spiro atoms. The largest absolute Gasteiger partial charge is 0.387 e. The van der Waals surface area contributed by atoms with E-state index in [1.165, 1.54) is 24.3 Å². The SMILES string of the molecule is CCCCc1ccc(NS(=O)(=O)c2cccc(C(=O)NCC(O)c3ccccc3)c2)cc1. The molecular formula is C25H28N2O4S. The second kappa shape index (κ2) is 10.9. The molecule has 0 saturated heterocycles. The predicted molar refractivity (Wildman–Crippen MR) is 126 cm³/mol. The van der Waals surface area contributed by atoms with Gasteiger partial charge in [-0.2, -0.15) is 0 Å². The van der Waals surface area contributed by atoms with E-state index in [2.05, 4.69) is 17.0 Å². The van der Waals surface area contributed by atoms with E-state index in [9.17, 15) is 18.3 Å². The monoisotopic (exact) mass is 452 g/mol. The molecule has 1 atom stereocenters. The molecule has 0 heterocycles. The van der Waals surface area contributed by atoms with Gasteiger partial charge in [0.1, 0.15) is 0 Å². The van der Waals surface area contributed by atoms with Crippen molar-refractivity contribution < 1.29 is 18.3 Å². The standard InChI is InChI=1S/C25H28N2O4S/c1-2-3-8-19-13-15-22(16-14-19)27-32(30,31)23-12-7-11-21(17-23)25(29)26-18-24(28)20-9-5-4-6-10-20/h4-7,9-17,24,27-28H,2-3,8,18H2,1H3,(H,26,29). The van der Waals surface area contributed by atoms with E-state index in [-0.39, 0.29) is 17.0 Å². The van der Waals surface area contributed by atoms with Crippen molar-refractivity contribution in [2.75, 3.05) is 11.3 Å². The molecule has 1 unspecified atom stereocenters. The number of aliphatic hydroxyl groups excluding tert-OH is 1. The third-order valence-electron chi connectivity index (χ3n) is 5.07. The fraction of sp³-hybridized carbons (Fsp3) is 0.240. The zero-order valence-electron chi connectivity index (χ0n) is 18.0. The molecule has 0 aliphatic rings. The van der Waals surface area contributed by atoms with Gasteiger partial charge in [-0.25, -0.2) is 8.42 Å². The van der Waals surface area contributed by atoms with Crippen LogP contribution in [0.3, 0.4) is 0 Å². The highest BCUT2D eigenvalue weighted by Crippen LogP contribution is 2.19. The number of aryl methyl sites for hydroxylation is 1. The number of hydrogen-bond acceptors (Lipinski definition) is 4. The quantitative estimate of drug-likeness (QED) is 0.428. The number of carbonyl (C=O) groups is 1. The van der Waals surface area contributed by atoms with Crippen molar-refractivity contribution in [1.82, 2.24) is 5.32 Å². The molecule has 3 aromatic rings. The Kier molecular flexibility index (Phi) is 8.03. The van der Waals surface area contributed by atoms with Crippen LogP contribution < -0.4 is 10.0 Å². The van der Waals surface area contributed by atoms with Gasteiger partial charge >= 0.3 is 0 Å². The normalized spacial score (nSPS) is 12.2. The number of nitrogens with one attached hydrogen (secondary N) is 2. The van der Waals surface area contributed by atoms with Crippen LogP contribution in [0.2, 0.25) is 0 Å². The number of amides is 1. The van der Waals surface area contributed by atoms with Gasteiger partial charge in [0.15, 0.2) is 0 Å². The molecule has 3 N–H and O–H groups in total. The van der Waals surface area contributed by atoms with Gasteiger partial charge in [-0.05, 0) is 54.3 Å². The highest BCUT2D eigenvalue weighted by molar-refractivity contribution is 7.92. The summed E-state index contributed by atoms with van der Waals surface area (Å²) in [5.74, 6) is -0.461. The highest BCUT2D eigenvalue weighted by atomic mass is 32.2. The summed E-state index contributed by atoms with van der Waals surface area (Å²) in [5.41, 5.74) is 2.51. The van der Waals surface area contributed by atoms with Crippen molar-refractivity contribution in [3.8, 4) is 0 Å². The van der Waals surface area contributed by atoms with E-state index >= 15 is 0 Å². The molecule has 0 bridgehead atoms. The lowest BCUT2D eigenvalue weighted by atomic mass is 10.1. The Bertz CT molecular complexity index is 1130. The number of hydrogen-bond donors (Lipinski definition) is 3. The smallest absolute Gasteiger partial charge is 0.261 e. The summed E-state index contributed by atoms with van der Waals surface area (Å²) in [6.45, 7) is 2.14. The Labute approximate surface area is 189 Å². The molecule has 3 rings (SSSR count). The van der Waals surface area contributed by atoms with Crippen molar-refractivity contribution in [3.63, 3.8) is 0 Å². The fourth-order valence-electron chi connectivity index (χ4n) is 3.22. The number of unbranched alkanes of at least 4 members (excludes halogenated alkanes) is 1. The summed E-state index contributed by atoms with van der Waals surface area (Å²) in [4.78, 5) is 12.5. The number of anilines is 1. The van der Waals surface area contributed by atoms with Crippen molar-refractivity contribution >= 4 is 21.6 Å². The number of benzene rings is 3. The number of carbonyl (C=O) groups excluding carboxylic acids is 1. The zero-order valence-corrected chi connectivity index (χ0v) is 18.8. The Morgan fingerprint density at radius 3 is 2.38 bits per heavy atom. The van der Waals surface area contributed by atoms with Crippen LogP contribution in [0.1, 0.15) is 47.4 Å². The van der Waals surface area contributed by atoms with Crippen LogP contribution in [0.5, 0.6) is 0 Å². The molecule has 0 saturated carbocycles. The molecule has 0 aliphatic carbocycles. The lowest BCUT2D eigenvalue weighted by Crippen LogP contribution is -2.28. The minimum absolute atomic E-state index is 0.0104. The first kappa shape index (κ1) is 23.5. The molecule has 0 aliphatic heterocycles. The van der Waals surface area contributed by atoms with Crippen molar-refractivity contribution in [3.05, 3.63) is 95.6 Å². The van der Waals surface area contributed by atoms with E-state index in [0.29, 0.717) is 11.3 Å². The highest BCUT2D eigenvalue weighted by Gasteiger charge is 2.17. The maximum Gasteiger partial charge on any atom is 0.261 e. The van der Waals surface area contributed by atoms with Crippen LogP contribution in [0.4, 0.5) is 5.69 Å². The van der Waals surface area contributed by atoms with E-state index in [1.54, 1.807) is 36.4 Å². The third-order valence-corrected chi connectivity index (χ3v) is 6.45. The minimum atomic E-state index is -3.85. The van der Waals surface area contributed by atoms with Crippen LogP contribution in [-0.4, -0.2) is 26.0 Å². The lowest BCUT2D eigenvalue weighted by molar-refractivity contribution is 0.0916. The van der Waals surface area contributed by atoms with Crippen LogP contribution >= 0.6 is 0 Å². The molecule has 6 nitrogen and oxygen atoms in total. The number of aliphatic hydroxyl groups is 1. The van der Waals surface area contributed by atoms with E-state index in [1.807, 2.05) is 18.2 Å². The Balaban J connectivity index is 1.65. The van der Waals surface area contributed by atoms with Gasteiger partial charge in [0.05, 0.1) is 11.0 Å². The average Bonchev–Trinajstić information content (AvgIpc) is 2.82.